The van der Waals surface area contributed by atoms with Crippen molar-refractivity contribution in [3.63, 3.8) is 0 Å². The number of benzene rings is 1. The van der Waals surface area contributed by atoms with Gasteiger partial charge >= 0.3 is 12.7 Å². The first-order valence-electron chi connectivity index (χ1n) is 7.25. The van der Waals surface area contributed by atoms with Gasteiger partial charge in [-0.15, -0.1) is 0 Å². The van der Waals surface area contributed by atoms with E-state index in [9.17, 15) is 22.0 Å². The molecule has 0 aliphatic carbocycles. The van der Waals surface area contributed by atoms with E-state index in [-0.39, 0.29) is 23.6 Å². The smallest absolute Gasteiger partial charge is 0.367 e. The van der Waals surface area contributed by atoms with E-state index in [1.807, 2.05) is 0 Å². The van der Waals surface area contributed by atoms with Crippen LogP contribution in [0.15, 0.2) is 42.7 Å². The molecule has 4 nitrogen and oxygen atoms in total. The maximum absolute atomic E-state index is 13.1. The average Bonchev–Trinajstić information content (AvgIpc) is 3.01. The molecule has 132 valence electrons. The largest absolute Gasteiger partial charge is 0.433 e. The summed E-state index contributed by atoms with van der Waals surface area (Å²) in [7, 11) is 1.52. The van der Waals surface area contributed by atoms with Crippen LogP contribution in [0.1, 0.15) is 18.1 Å². The molecule has 1 aromatic carbocycles. The van der Waals surface area contributed by atoms with Crippen LogP contribution in [0.4, 0.5) is 27.6 Å². The van der Waals surface area contributed by atoms with Crippen LogP contribution in [0, 0.1) is 0 Å². The minimum atomic E-state index is -4.61. The predicted octanol–water partition coefficient (Wildman–Crippen LogP) is 4.48. The Kier molecular flexibility index (Phi) is 4.32. The Bertz CT molecular complexity index is 888. The summed E-state index contributed by atoms with van der Waals surface area (Å²) < 4.78 is 65.9. The van der Waals surface area contributed by atoms with Crippen LogP contribution < -0.4 is 4.90 Å². The highest BCUT2D eigenvalue weighted by molar-refractivity contribution is 5.91. The van der Waals surface area contributed by atoms with E-state index in [2.05, 4.69) is 9.97 Å². The van der Waals surface area contributed by atoms with Crippen molar-refractivity contribution in [1.82, 2.24) is 14.5 Å². The third-order valence-corrected chi connectivity index (χ3v) is 3.73. The quantitative estimate of drug-likeness (QED) is 0.647. The van der Waals surface area contributed by atoms with E-state index in [0.29, 0.717) is 9.95 Å². The number of hydrogen-bond acceptors (Lipinski definition) is 3. The van der Waals surface area contributed by atoms with Gasteiger partial charge in [-0.25, -0.2) is 9.97 Å². The minimum absolute atomic E-state index is 0.0481. The number of hydrogen-bond donors (Lipinski definition) is 0. The van der Waals surface area contributed by atoms with Gasteiger partial charge < -0.3 is 4.90 Å². The zero-order valence-electron chi connectivity index (χ0n) is 13.0. The van der Waals surface area contributed by atoms with Crippen molar-refractivity contribution >= 4 is 16.6 Å². The van der Waals surface area contributed by atoms with Crippen molar-refractivity contribution in [2.24, 2.45) is 0 Å². The molecule has 2 heterocycles. The summed E-state index contributed by atoms with van der Waals surface area (Å²) in [6.07, 6.45) is -2.26. The fourth-order valence-electron chi connectivity index (χ4n) is 2.56. The monoisotopic (exact) mass is 356 g/mol. The standard InChI is InChI=1S/C16H13F5N4/c1-24(9-14-22-6-7-25(14)15(17)18)12-8-13(16(19,20)21)23-11-5-3-2-4-10(11)12/h2-8,15H,9H2,1H3. The Morgan fingerprint density at radius 2 is 1.92 bits per heavy atom. The molecule has 9 heteroatoms. The number of halogens is 5. The molecule has 0 atom stereocenters. The Hall–Kier alpha value is -2.71. The maximum Gasteiger partial charge on any atom is 0.433 e. The first-order chi connectivity index (χ1) is 11.8. The zero-order valence-corrected chi connectivity index (χ0v) is 13.0. The van der Waals surface area contributed by atoms with Gasteiger partial charge in [-0.05, 0) is 12.1 Å². The summed E-state index contributed by atoms with van der Waals surface area (Å²) in [5.41, 5.74) is -0.622. The van der Waals surface area contributed by atoms with Gasteiger partial charge in [-0.1, -0.05) is 18.2 Å². The topological polar surface area (TPSA) is 34.0 Å². The second-order valence-corrected chi connectivity index (χ2v) is 5.43. The van der Waals surface area contributed by atoms with Gasteiger partial charge in [0.25, 0.3) is 0 Å². The van der Waals surface area contributed by atoms with Crippen LogP contribution in [-0.4, -0.2) is 21.6 Å². The van der Waals surface area contributed by atoms with Gasteiger partial charge in [0.05, 0.1) is 12.1 Å². The van der Waals surface area contributed by atoms with Crippen molar-refractivity contribution < 1.29 is 22.0 Å². The van der Waals surface area contributed by atoms with Crippen molar-refractivity contribution in [3.8, 4) is 0 Å². The Balaban J connectivity index is 2.05. The Morgan fingerprint density at radius 1 is 1.20 bits per heavy atom. The van der Waals surface area contributed by atoms with Gasteiger partial charge in [-0.2, -0.15) is 22.0 Å². The molecule has 0 aliphatic heterocycles. The van der Waals surface area contributed by atoms with E-state index < -0.39 is 18.4 Å². The number of alkyl halides is 5. The molecule has 3 aromatic rings. The molecule has 3 rings (SSSR count). The lowest BCUT2D eigenvalue weighted by molar-refractivity contribution is -0.140. The Labute approximate surface area is 139 Å². The highest BCUT2D eigenvalue weighted by atomic mass is 19.4. The summed E-state index contributed by atoms with van der Waals surface area (Å²) in [5, 5.41) is 0.494. The highest BCUT2D eigenvalue weighted by Crippen LogP contribution is 2.34. The molecule has 0 amide bonds. The fourth-order valence-corrected chi connectivity index (χ4v) is 2.56. The van der Waals surface area contributed by atoms with Crippen LogP contribution in [-0.2, 0) is 12.7 Å². The van der Waals surface area contributed by atoms with E-state index in [0.717, 1.165) is 12.3 Å². The number of fused-ring (bicyclic) bond motifs is 1. The molecule has 0 radical (unpaired) electrons. The van der Waals surface area contributed by atoms with Crippen LogP contribution in [0.5, 0.6) is 0 Å². The summed E-state index contributed by atoms with van der Waals surface area (Å²) in [6, 6.07) is 7.28. The molecule has 0 N–H and O–H groups in total. The second-order valence-electron chi connectivity index (χ2n) is 5.43. The van der Waals surface area contributed by atoms with Crippen LogP contribution in [0.3, 0.4) is 0 Å². The van der Waals surface area contributed by atoms with Crippen molar-refractivity contribution in [3.05, 3.63) is 54.2 Å². The van der Waals surface area contributed by atoms with Gasteiger partial charge in [0.15, 0.2) is 0 Å². The molecule has 0 spiro atoms. The van der Waals surface area contributed by atoms with E-state index in [1.54, 1.807) is 18.2 Å². The van der Waals surface area contributed by atoms with Crippen molar-refractivity contribution in [1.29, 1.82) is 0 Å². The molecule has 0 unspecified atom stereocenters. The van der Waals surface area contributed by atoms with Crippen molar-refractivity contribution in [2.45, 2.75) is 19.3 Å². The van der Waals surface area contributed by atoms with E-state index in [4.69, 9.17) is 0 Å². The lowest BCUT2D eigenvalue weighted by atomic mass is 10.1. The molecule has 0 saturated heterocycles. The average molecular weight is 356 g/mol. The molecule has 25 heavy (non-hydrogen) atoms. The number of nitrogens with zero attached hydrogens (tertiary/aromatic N) is 4. The summed E-state index contributed by atoms with van der Waals surface area (Å²) in [6.45, 7) is -2.85. The molecular weight excluding hydrogens is 343 g/mol. The lowest BCUT2D eigenvalue weighted by Gasteiger charge is -2.22. The molecule has 0 bridgehead atoms. The second kappa shape index (κ2) is 6.30. The number of para-hydroxylation sites is 1. The Morgan fingerprint density at radius 3 is 2.60 bits per heavy atom. The molecular formula is C16H13F5N4. The first kappa shape index (κ1) is 17.1. The third-order valence-electron chi connectivity index (χ3n) is 3.73. The third kappa shape index (κ3) is 3.40. The van der Waals surface area contributed by atoms with Gasteiger partial charge in [0, 0.05) is 30.5 Å². The minimum Gasteiger partial charge on any atom is -0.367 e. The fraction of sp³-hybridized carbons (Fsp3) is 0.250. The summed E-state index contributed by atoms with van der Waals surface area (Å²) in [5.74, 6) is 0.0481. The van der Waals surface area contributed by atoms with E-state index in [1.165, 1.54) is 24.2 Å². The van der Waals surface area contributed by atoms with Crippen LogP contribution in [0.25, 0.3) is 10.9 Å². The number of rotatable bonds is 4. The summed E-state index contributed by atoms with van der Waals surface area (Å²) >= 11 is 0. The number of imidazole rings is 1. The van der Waals surface area contributed by atoms with Crippen LogP contribution >= 0.6 is 0 Å². The first-order valence-corrected chi connectivity index (χ1v) is 7.25. The molecule has 0 aliphatic rings. The number of anilines is 1. The predicted molar refractivity (Wildman–Crippen MR) is 82.3 cm³/mol. The van der Waals surface area contributed by atoms with E-state index >= 15 is 0 Å². The molecule has 2 aromatic heterocycles. The molecule has 0 saturated carbocycles. The number of aromatic nitrogens is 3. The van der Waals surface area contributed by atoms with Gasteiger partial charge in [0.1, 0.15) is 11.5 Å². The maximum atomic E-state index is 13.1. The van der Waals surface area contributed by atoms with Gasteiger partial charge in [-0.3, -0.25) is 4.57 Å². The lowest BCUT2D eigenvalue weighted by Crippen LogP contribution is -2.21. The van der Waals surface area contributed by atoms with Gasteiger partial charge in [0.2, 0.25) is 0 Å². The van der Waals surface area contributed by atoms with Crippen molar-refractivity contribution in [2.75, 3.05) is 11.9 Å². The highest BCUT2D eigenvalue weighted by Gasteiger charge is 2.33. The molecule has 0 fully saturated rings. The normalized spacial score (nSPS) is 12.1. The zero-order chi connectivity index (χ0) is 18.2. The van der Waals surface area contributed by atoms with Crippen LogP contribution in [0.2, 0.25) is 0 Å². The SMILES string of the molecule is CN(Cc1nccn1C(F)F)c1cc(C(F)(F)F)nc2ccccc12. The summed E-state index contributed by atoms with van der Waals surface area (Å²) in [4.78, 5) is 8.94. The number of pyridine rings is 1.